The number of likely N-dealkylation sites (N-methyl/N-ethyl adjacent to an activating group) is 1. The normalized spacial score (nSPS) is 20.8. The predicted molar refractivity (Wildman–Crippen MR) is 81.2 cm³/mol. The van der Waals surface area contributed by atoms with Crippen molar-refractivity contribution in [3.8, 4) is 0 Å². The van der Waals surface area contributed by atoms with Crippen molar-refractivity contribution in [2.45, 2.75) is 25.8 Å². The number of hydrogen-bond acceptors (Lipinski definition) is 5. The molecule has 0 radical (unpaired) electrons. The van der Waals surface area contributed by atoms with Gasteiger partial charge in [0, 0.05) is 18.0 Å². The fourth-order valence-electron chi connectivity index (χ4n) is 2.61. The van der Waals surface area contributed by atoms with Crippen molar-refractivity contribution in [3.05, 3.63) is 16.6 Å². The molecule has 0 saturated carbocycles. The van der Waals surface area contributed by atoms with E-state index >= 15 is 0 Å². The van der Waals surface area contributed by atoms with E-state index in [1.807, 2.05) is 5.38 Å². The van der Waals surface area contributed by atoms with Gasteiger partial charge in [0.25, 0.3) is 0 Å². The van der Waals surface area contributed by atoms with Gasteiger partial charge in [0.15, 0.2) is 11.0 Å². The molecule has 6 heteroatoms. The summed E-state index contributed by atoms with van der Waals surface area (Å²) in [6, 6.07) is 2.51. The van der Waals surface area contributed by atoms with Gasteiger partial charge in [-0.1, -0.05) is 18.5 Å². The summed E-state index contributed by atoms with van der Waals surface area (Å²) < 4.78 is 1.02. The van der Waals surface area contributed by atoms with E-state index in [0.29, 0.717) is 11.2 Å². The first kappa shape index (κ1) is 13.1. The summed E-state index contributed by atoms with van der Waals surface area (Å²) in [5.41, 5.74) is 0. The number of nitrogens with one attached hydrogen (secondary N) is 1. The van der Waals surface area contributed by atoms with Gasteiger partial charge in [-0.15, -0.1) is 21.5 Å². The lowest BCUT2D eigenvalue weighted by molar-refractivity contribution is 0.226. The molecule has 1 aliphatic heterocycles. The fraction of sp³-hybridized carbons (Fsp3) is 0.538. The fourth-order valence-corrected chi connectivity index (χ4v) is 3.65. The van der Waals surface area contributed by atoms with Crippen LogP contribution in [0, 0.1) is 0 Å². The third-order valence-corrected chi connectivity index (χ3v) is 4.94. The Bertz CT molecular complexity index is 571. The Morgan fingerprint density at radius 2 is 2.42 bits per heavy atom. The minimum Gasteiger partial charge on any atom is -0.364 e. The SMILES string of the molecule is CCN1CCC[C@@H](Nc2nnc(Cl)c3sccc23)C1. The lowest BCUT2D eigenvalue weighted by atomic mass is 10.1. The van der Waals surface area contributed by atoms with Crippen LogP contribution in [-0.2, 0) is 0 Å². The summed E-state index contributed by atoms with van der Waals surface area (Å²) in [4.78, 5) is 2.47. The molecule has 3 rings (SSSR count). The van der Waals surface area contributed by atoms with Gasteiger partial charge in [-0.25, -0.2) is 0 Å². The quantitative estimate of drug-likeness (QED) is 0.944. The van der Waals surface area contributed by atoms with Crippen molar-refractivity contribution >= 4 is 38.8 Å². The molecule has 0 aliphatic carbocycles. The number of piperidine rings is 1. The van der Waals surface area contributed by atoms with E-state index in [-0.39, 0.29) is 0 Å². The van der Waals surface area contributed by atoms with Gasteiger partial charge in [-0.05, 0) is 37.4 Å². The van der Waals surface area contributed by atoms with Gasteiger partial charge in [-0.2, -0.15) is 0 Å². The monoisotopic (exact) mass is 296 g/mol. The van der Waals surface area contributed by atoms with Gasteiger partial charge in [0.1, 0.15) is 0 Å². The third-order valence-electron chi connectivity index (χ3n) is 3.64. The Morgan fingerprint density at radius 1 is 1.53 bits per heavy atom. The van der Waals surface area contributed by atoms with Crippen LogP contribution in [0.1, 0.15) is 19.8 Å². The number of aromatic nitrogens is 2. The third kappa shape index (κ3) is 2.68. The van der Waals surface area contributed by atoms with E-state index in [0.717, 1.165) is 29.0 Å². The number of nitrogens with zero attached hydrogens (tertiary/aromatic N) is 3. The first-order valence-electron chi connectivity index (χ1n) is 6.66. The van der Waals surface area contributed by atoms with Crippen molar-refractivity contribution in [2.24, 2.45) is 0 Å². The standard InChI is InChI=1S/C13H17ClN4S/c1-2-18-6-3-4-9(8-18)15-13-10-5-7-19-11(10)12(14)16-17-13/h5,7,9H,2-4,6,8H2,1H3,(H,15,17)/t9-/m1/s1. The summed E-state index contributed by atoms with van der Waals surface area (Å²) in [6.07, 6.45) is 2.42. The van der Waals surface area contributed by atoms with Crippen molar-refractivity contribution in [1.29, 1.82) is 0 Å². The minimum atomic E-state index is 0.451. The van der Waals surface area contributed by atoms with Crippen molar-refractivity contribution in [3.63, 3.8) is 0 Å². The summed E-state index contributed by atoms with van der Waals surface area (Å²) in [5.74, 6) is 0.864. The number of rotatable bonds is 3. The Balaban J connectivity index is 1.81. The first-order valence-corrected chi connectivity index (χ1v) is 7.92. The molecule has 2 aromatic heterocycles. The van der Waals surface area contributed by atoms with Gasteiger partial charge >= 0.3 is 0 Å². The summed E-state index contributed by atoms with van der Waals surface area (Å²) in [6.45, 7) is 5.60. The topological polar surface area (TPSA) is 41.0 Å². The second-order valence-corrected chi connectivity index (χ2v) is 6.15. The Kier molecular flexibility index (Phi) is 3.86. The zero-order chi connectivity index (χ0) is 13.2. The van der Waals surface area contributed by atoms with Gasteiger partial charge in [0.2, 0.25) is 0 Å². The molecule has 0 amide bonds. The van der Waals surface area contributed by atoms with E-state index in [9.17, 15) is 0 Å². The summed E-state index contributed by atoms with van der Waals surface area (Å²) in [7, 11) is 0. The van der Waals surface area contributed by atoms with Crippen LogP contribution >= 0.6 is 22.9 Å². The largest absolute Gasteiger partial charge is 0.364 e. The smallest absolute Gasteiger partial charge is 0.169 e. The lowest BCUT2D eigenvalue weighted by Crippen LogP contribution is -2.42. The molecule has 0 aromatic carbocycles. The zero-order valence-electron chi connectivity index (χ0n) is 10.9. The minimum absolute atomic E-state index is 0.451. The van der Waals surface area contributed by atoms with Crippen molar-refractivity contribution in [1.82, 2.24) is 15.1 Å². The van der Waals surface area contributed by atoms with Crippen LogP contribution in [0.5, 0.6) is 0 Å². The van der Waals surface area contributed by atoms with Crippen molar-refractivity contribution < 1.29 is 0 Å². The van der Waals surface area contributed by atoms with Crippen LogP contribution in [0.2, 0.25) is 5.15 Å². The maximum Gasteiger partial charge on any atom is 0.169 e. The summed E-state index contributed by atoms with van der Waals surface area (Å²) in [5, 5.41) is 15.4. The van der Waals surface area contributed by atoms with Gasteiger partial charge in [-0.3, -0.25) is 0 Å². The second-order valence-electron chi connectivity index (χ2n) is 4.88. The Morgan fingerprint density at radius 3 is 3.26 bits per heavy atom. The van der Waals surface area contributed by atoms with E-state index in [1.165, 1.54) is 19.4 Å². The van der Waals surface area contributed by atoms with Crippen LogP contribution in [0.15, 0.2) is 11.4 Å². The van der Waals surface area contributed by atoms with Crippen LogP contribution in [0.4, 0.5) is 5.82 Å². The molecule has 19 heavy (non-hydrogen) atoms. The summed E-state index contributed by atoms with van der Waals surface area (Å²) >= 11 is 7.67. The molecule has 1 N–H and O–H groups in total. The molecular weight excluding hydrogens is 280 g/mol. The van der Waals surface area contributed by atoms with Gasteiger partial charge in [0.05, 0.1) is 4.70 Å². The molecule has 3 heterocycles. The van der Waals surface area contributed by atoms with Crippen LogP contribution < -0.4 is 5.32 Å². The number of anilines is 1. The number of likely N-dealkylation sites (tertiary alicyclic amines) is 1. The molecule has 1 saturated heterocycles. The zero-order valence-corrected chi connectivity index (χ0v) is 12.5. The van der Waals surface area contributed by atoms with Crippen molar-refractivity contribution in [2.75, 3.05) is 25.0 Å². The predicted octanol–water partition coefficient (Wildman–Crippen LogP) is 3.24. The molecule has 1 atom stereocenters. The highest BCUT2D eigenvalue weighted by molar-refractivity contribution is 7.17. The molecule has 1 aliphatic rings. The van der Waals surface area contributed by atoms with Crippen LogP contribution in [-0.4, -0.2) is 40.8 Å². The molecule has 1 fully saturated rings. The number of thiophene rings is 1. The highest BCUT2D eigenvalue weighted by Crippen LogP contribution is 2.31. The molecule has 0 unspecified atom stereocenters. The number of hydrogen-bond donors (Lipinski definition) is 1. The Labute approximate surface area is 121 Å². The molecule has 0 spiro atoms. The highest BCUT2D eigenvalue weighted by Gasteiger charge is 2.20. The first-order chi connectivity index (χ1) is 9.28. The average molecular weight is 297 g/mol. The Hall–Kier alpha value is -0.910. The highest BCUT2D eigenvalue weighted by atomic mass is 35.5. The number of fused-ring (bicyclic) bond motifs is 1. The van der Waals surface area contributed by atoms with Crippen LogP contribution in [0.3, 0.4) is 0 Å². The molecule has 102 valence electrons. The van der Waals surface area contributed by atoms with E-state index in [4.69, 9.17) is 11.6 Å². The number of halogens is 1. The second kappa shape index (κ2) is 5.61. The molecular formula is C13H17ClN4S. The van der Waals surface area contributed by atoms with Gasteiger partial charge < -0.3 is 10.2 Å². The maximum atomic E-state index is 6.06. The molecule has 4 nitrogen and oxygen atoms in total. The van der Waals surface area contributed by atoms with E-state index in [1.54, 1.807) is 11.3 Å². The molecule has 0 bridgehead atoms. The van der Waals surface area contributed by atoms with E-state index < -0.39 is 0 Å². The average Bonchev–Trinajstić information content (AvgIpc) is 2.93. The maximum absolute atomic E-state index is 6.06. The van der Waals surface area contributed by atoms with E-state index in [2.05, 4.69) is 33.4 Å². The van der Waals surface area contributed by atoms with Crippen LogP contribution in [0.25, 0.3) is 10.1 Å². The molecule has 2 aromatic rings. The lowest BCUT2D eigenvalue weighted by Gasteiger charge is -2.32.